The Bertz CT molecular complexity index is 383. The van der Waals surface area contributed by atoms with Gasteiger partial charge in [0.15, 0.2) is 0 Å². The summed E-state index contributed by atoms with van der Waals surface area (Å²) in [5.74, 6) is 0.729. The summed E-state index contributed by atoms with van der Waals surface area (Å²) in [5, 5.41) is 0.0787. The van der Waals surface area contributed by atoms with E-state index in [9.17, 15) is 9.59 Å². The van der Waals surface area contributed by atoms with E-state index in [2.05, 4.69) is 13.2 Å². The highest BCUT2D eigenvalue weighted by atomic mass is 32.7. The maximum Gasteiger partial charge on any atom is 0.218 e. The number of rotatable bonds is 9. The van der Waals surface area contributed by atoms with Gasteiger partial charge in [-0.1, -0.05) is 36.3 Å². The van der Waals surface area contributed by atoms with Crippen molar-refractivity contribution in [2.24, 2.45) is 0 Å². The monoisotopic (exact) mass is 334 g/mol. The molecule has 114 valence electrons. The average Bonchev–Trinajstić information content (AvgIpc) is 2.35. The zero-order valence-electron chi connectivity index (χ0n) is 12.6. The molecule has 0 aliphatic carbocycles. The molecule has 0 radical (unpaired) electrons. The van der Waals surface area contributed by atoms with E-state index in [1.54, 1.807) is 13.8 Å². The third-order valence-electron chi connectivity index (χ3n) is 2.23. The number of hydrogen-bond acceptors (Lipinski definition) is 5. The van der Waals surface area contributed by atoms with Crippen molar-refractivity contribution in [1.82, 2.24) is 0 Å². The van der Waals surface area contributed by atoms with Crippen molar-refractivity contribution < 1.29 is 14.3 Å². The Morgan fingerprint density at radius 3 is 2.25 bits per heavy atom. The van der Waals surface area contributed by atoms with Crippen LogP contribution < -0.4 is 0 Å². The van der Waals surface area contributed by atoms with Gasteiger partial charge in [0, 0.05) is 5.75 Å². The molecule has 0 bridgehead atoms. The van der Waals surface area contributed by atoms with Crippen molar-refractivity contribution >= 4 is 40.5 Å². The number of ether oxygens (including phenoxy) is 1. The first-order chi connectivity index (χ1) is 9.23. The van der Waals surface area contributed by atoms with Crippen LogP contribution in [0.1, 0.15) is 27.2 Å². The molecule has 2 atom stereocenters. The number of carbonyl (C=O) groups is 2. The van der Waals surface area contributed by atoms with Crippen molar-refractivity contribution in [3.63, 3.8) is 0 Å². The molecule has 0 fully saturated rings. The highest BCUT2D eigenvalue weighted by Gasteiger charge is 2.12. The van der Waals surface area contributed by atoms with Gasteiger partial charge in [-0.2, -0.15) is 0 Å². The minimum absolute atomic E-state index is 0.0393. The fourth-order valence-electron chi connectivity index (χ4n) is 1.00. The average molecular weight is 334 g/mol. The third kappa shape index (κ3) is 9.76. The van der Waals surface area contributed by atoms with E-state index in [1.807, 2.05) is 13.6 Å². The Morgan fingerprint density at radius 1 is 1.20 bits per heavy atom. The molecule has 0 amide bonds. The second-order valence-electron chi connectivity index (χ2n) is 4.60. The van der Waals surface area contributed by atoms with E-state index in [4.69, 9.17) is 4.74 Å². The lowest BCUT2D eigenvalue weighted by Crippen LogP contribution is -2.10. The van der Waals surface area contributed by atoms with Gasteiger partial charge in [-0.25, -0.2) is 0 Å². The van der Waals surface area contributed by atoms with Gasteiger partial charge < -0.3 is 4.74 Å². The molecule has 20 heavy (non-hydrogen) atoms. The second kappa shape index (κ2) is 10.6. The predicted molar refractivity (Wildman–Crippen MR) is 92.6 cm³/mol. The van der Waals surface area contributed by atoms with Crippen LogP contribution in [-0.2, 0) is 14.3 Å². The molecule has 0 aromatic heterocycles. The van der Waals surface area contributed by atoms with Gasteiger partial charge in [0.2, 0.25) is 10.2 Å². The molecule has 0 saturated heterocycles. The lowest BCUT2D eigenvalue weighted by atomic mass is 10.3. The first kappa shape index (κ1) is 19.9. The molecule has 0 aromatic rings. The topological polar surface area (TPSA) is 43.4 Å². The van der Waals surface area contributed by atoms with Crippen molar-refractivity contribution in [3.8, 4) is 0 Å². The highest BCUT2D eigenvalue weighted by molar-refractivity contribution is 8.63. The summed E-state index contributed by atoms with van der Waals surface area (Å²) < 4.78 is 5.71. The van der Waals surface area contributed by atoms with E-state index in [0.29, 0.717) is 17.5 Å². The van der Waals surface area contributed by atoms with Crippen LogP contribution in [0.5, 0.6) is 0 Å². The van der Waals surface area contributed by atoms with Gasteiger partial charge in [0.25, 0.3) is 0 Å². The van der Waals surface area contributed by atoms with Crippen molar-refractivity contribution in [1.29, 1.82) is 0 Å². The first-order valence-electron chi connectivity index (χ1n) is 6.27. The smallest absolute Gasteiger partial charge is 0.218 e. The summed E-state index contributed by atoms with van der Waals surface area (Å²) in [4.78, 5) is 22.8. The van der Waals surface area contributed by atoms with E-state index in [-0.39, 0.29) is 16.3 Å². The van der Waals surface area contributed by atoms with Crippen LogP contribution in [0.25, 0.3) is 0 Å². The maximum absolute atomic E-state index is 11.5. The zero-order chi connectivity index (χ0) is 15.7. The summed E-state index contributed by atoms with van der Waals surface area (Å²) in [6.45, 7) is 14.7. The van der Waals surface area contributed by atoms with Crippen LogP contribution in [0.4, 0.5) is 0 Å². The summed E-state index contributed by atoms with van der Waals surface area (Å²) in [6, 6.07) is 0. The Kier molecular flexibility index (Phi) is 10.6. The molecular formula is C14H23O3PS2. The molecule has 0 aliphatic heterocycles. The summed E-state index contributed by atoms with van der Waals surface area (Å²) >= 11 is 2.59. The second-order valence-corrected chi connectivity index (χ2v) is 10.2. The molecule has 0 saturated carbocycles. The maximum atomic E-state index is 11.5. The molecule has 2 unspecified atom stereocenters. The van der Waals surface area contributed by atoms with Gasteiger partial charge in [-0.3, -0.25) is 9.59 Å². The SMILES string of the molecule is C=C(C)C(=O)SCCC(C)OCP(C)SC(=O)C(=C)C. The Labute approximate surface area is 131 Å². The Hall–Kier alpha value is -0.0900. The molecule has 0 N–H and O–H groups in total. The normalized spacial score (nSPS) is 13.6. The molecular weight excluding hydrogens is 311 g/mol. The fourth-order valence-corrected chi connectivity index (χ4v) is 4.50. The standard InChI is InChI=1S/C14H23O3PS2/c1-10(2)13(15)19-8-7-12(5)17-9-18(6)20-14(16)11(3)4/h12H,1,3,7-9H2,2,4-6H3. The van der Waals surface area contributed by atoms with E-state index in [1.165, 1.54) is 23.1 Å². The molecule has 0 spiro atoms. The quantitative estimate of drug-likeness (QED) is 0.461. The van der Waals surface area contributed by atoms with Crippen LogP contribution in [-0.4, -0.2) is 35.1 Å². The van der Waals surface area contributed by atoms with Crippen LogP contribution in [0, 0.1) is 0 Å². The van der Waals surface area contributed by atoms with Gasteiger partial charge in [0.1, 0.15) is 0 Å². The van der Waals surface area contributed by atoms with Gasteiger partial charge in [-0.05, 0) is 52.1 Å². The molecule has 0 aromatic carbocycles. The van der Waals surface area contributed by atoms with Crippen LogP contribution in [0.15, 0.2) is 24.3 Å². The third-order valence-corrected chi connectivity index (χ3v) is 6.37. The van der Waals surface area contributed by atoms with Crippen molar-refractivity contribution in [2.45, 2.75) is 33.3 Å². The lowest BCUT2D eigenvalue weighted by Gasteiger charge is -2.16. The molecule has 0 heterocycles. The van der Waals surface area contributed by atoms with Crippen LogP contribution in [0.3, 0.4) is 0 Å². The van der Waals surface area contributed by atoms with Gasteiger partial charge in [-0.15, -0.1) is 0 Å². The zero-order valence-corrected chi connectivity index (χ0v) is 15.1. The van der Waals surface area contributed by atoms with E-state index in [0.717, 1.165) is 12.2 Å². The van der Waals surface area contributed by atoms with Crippen LogP contribution in [0.2, 0.25) is 0 Å². The number of carbonyl (C=O) groups excluding carboxylic acids is 2. The fraction of sp³-hybridized carbons (Fsp3) is 0.571. The molecule has 6 heteroatoms. The van der Waals surface area contributed by atoms with E-state index >= 15 is 0 Å². The van der Waals surface area contributed by atoms with Crippen molar-refractivity contribution in [2.75, 3.05) is 18.8 Å². The minimum atomic E-state index is -0.526. The lowest BCUT2D eigenvalue weighted by molar-refractivity contribution is -0.108. The number of hydrogen-bond donors (Lipinski definition) is 0. The predicted octanol–water partition coefficient (Wildman–Crippen LogP) is 4.44. The minimum Gasteiger partial charge on any atom is -0.373 e. The molecule has 0 rings (SSSR count). The van der Waals surface area contributed by atoms with Crippen LogP contribution >= 0.6 is 30.3 Å². The number of thioether (sulfide) groups is 1. The summed E-state index contributed by atoms with van der Waals surface area (Å²) in [7, 11) is -0.526. The largest absolute Gasteiger partial charge is 0.373 e. The summed E-state index contributed by atoms with van der Waals surface area (Å²) in [5.41, 5.74) is 1.16. The Morgan fingerprint density at radius 2 is 1.75 bits per heavy atom. The van der Waals surface area contributed by atoms with Crippen molar-refractivity contribution in [3.05, 3.63) is 24.3 Å². The highest BCUT2D eigenvalue weighted by Crippen LogP contribution is 2.47. The first-order valence-corrected chi connectivity index (χ1v) is 10.6. The Balaban J connectivity index is 3.79. The molecule has 0 aliphatic rings. The summed E-state index contributed by atoms with van der Waals surface area (Å²) in [6.07, 6.45) is 1.48. The van der Waals surface area contributed by atoms with Gasteiger partial charge in [0.05, 0.1) is 12.5 Å². The van der Waals surface area contributed by atoms with Gasteiger partial charge >= 0.3 is 0 Å². The molecule has 3 nitrogen and oxygen atoms in total. The van der Waals surface area contributed by atoms with E-state index < -0.39 is 7.12 Å².